The van der Waals surface area contributed by atoms with Gasteiger partial charge in [0.2, 0.25) is 11.7 Å². The van der Waals surface area contributed by atoms with Gasteiger partial charge in [0, 0.05) is 18.0 Å². The van der Waals surface area contributed by atoms with Crippen molar-refractivity contribution in [3.63, 3.8) is 0 Å². The van der Waals surface area contributed by atoms with Crippen molar-refractivity contribution in [3.8, 4) is 17.1 Å². The second kappa shape index (κ2) is 4.78. The molecule has 0 saturated carbocycles. The van der Waals surface area contributed by atoms with E-state index in [-0.39, 0.29) is 6.04 Å². The van der Waals surface area contributed by atoms with Crippen molar-refractivity contribution in [1.82, 2.24) is 10.1 Å². The molecule has 5 heteroatoms. The number of benzene rings is 1. The highest BCUT2D eigenvalue weighted by molar-refractivity contribution is 5.60. The van der Waals surface area contributed by atoms with Crippen molar-refractivity contribution >= 4 is 0 Å². The molecule has 5 nitrogen and oxygen atoms in total. The van der Waals surface area contributed by atoms with Crippen LogP contribution in [0.5, 0.6) is 5.75 Å². The fourth-order valence-corrected chi connectivity index (χ4v) is 1.82. The Morgan fingerprint density at radius 1 is 1.33 bits per heavy atom. The van der Waals surface area contributed by atoms with Crippen molar-refractivity contribution in [2.75, 3.05) is 0 Å². The van der Waals surface area contributed by atoms with Gasteiger partial charge in [0.25, 0.3) is 0 Å². The lowest BCUT2D eigenvalue weighted by Gasteiger charge is -2.04. The van der Waals surface area contributed by atoms with Gasteiger partial charge in [-0.3, -0.25) is 0 Å². The summed E-state index contributed by atoms with van der Waals surface area (Å²) < 4.78 is 5.14. The van der Waals surface area contributed by atoms with Gasteiger partial charge in [-0.15, -0.1) is 0 Å². The molecule has 3 N–H and O–H groups in total. The first-order valence-electron chi connectivity index (χ1n) is 5.86. The average molecular weight is 247 g/mol. The maximum absolute atomic E-state index is 9.72. The number of hydrogen-bond donors (Lipinski definition) is 2. The number of aromatic hydroxyl groups is 1. The van der Waals surface area contributed by atoms with E-state index >= 15 is 0 Å². The molecule has 0 amide bonds. The number of aromatic nitrogens is 2. The molecule has 0 fully saturated rings. The van der Waals surface area contributed by atoms with Crippen LogP contribution in [-0.4, -0.2) is 21.3 Å². The van der Waals surface area contributed by atoms with E-state index in [2.05, 4.69) is 10.1 Å². The molecule has 0 spiro atoms. The maximum Gasteiger partial charge on any atom is 0.228 e. The standard InChI is InChI=1S/C13H17N3O2/c1-7-4-10(5-8(2)12(7)17)13-15-11(18-16-13)6-9(3)14/h4-5,9,17H,6,14H2,1-3H3. The number of phenolic OH excluding ortho intramolecular Hbond substituents is 1. The minimum Gasteiger partial charge on any atom is -0.507 e. The Balaban J connectivity index is 2.34. The average Bonchev–Trinajstić information content (AvgIpc) is 2.72. The van der Waals surface area contributed by atoms with Gasteiger partial charge in [0.1, 0.15) is 5.75 Å². The predicted octanol–water partition coefficient (Wildman–Crippen LogP) is 1.95. The maximum atomic E-state index is 9.72. The molecule has 1 aromatic heterocycles. The summed E-state index contributed by atoms with van der Waals surface area (Å²) in [6.07, 6.45) is 0.559. The third kappa shape index (κ3) is 2.51. The topological polar surface area (TPSA) is 85.2 Å². The highest BCUT2D eigenvalue weighted by atomic mass is 16.5. The van der Waals surface area contributed by atoms with Gasteiger partial charge in [-0.1, -0.05) is 5.16 Å². The summed E-state index contributed by atoms with van der Waals surface area (Å²) in [5.74, 6) is 1.36. The fraction of sp³-hybridized carbons (Fsp3) is 0.385. The molecule has 1 atom stereocenters. The summed E-state index contributed by atoms with van der Waals surface area (Å²) in [6, 6.07) is 3.66. The highest BCUT2D eigenvalue weighted by Gasteiger charge is 2.12. The largest absolute Gasteiger partial charge is 0.507 e. The molecular formula is C13H17N3O2. The van der Waals surface area contributed by atoms with Crippen LogP contribution in [0.3, 0.4) is 0 Å². The fourth-order valence-electron chi connectivity index (χ4n) is 1.82. The highest BCUT2D eigenvalue weighted by Crippen LogP contribution is 2.27. The van der Waals surface area contributed by atoms with Crippen LogP contribution in [0.15, 0.2) is 16.7 Å². The van der Waals surface area contributed by atoms with E-state index in [0.717, 1.165) is 16.7 Å². The second-order valence-electron chi connectivity index (χ2n) is 4.65. The first kappa shape index (κ1) is 12.6. The van der Waals surface area contributed by atoms with Crippen LogP contribution in [0, 0.1) is 13.8 Å². The van der Waals surface area contributed by atoms with Crippen LogP contribution in [-0.2, 0) is 6.42 Å². The van der Waals surface area contributed by atoms with Gasteiger partial charge in [-0.2, -0.15) is 4.98 Å². The van der Waals surface area contributed by atoms with E-state index in [1.54, 1.807) is 0 Å². The molecule has 96 valence electrons. The van der Waals surface area contributed by atoms with Gasteiger partial charge in [-0.05, 0) is 44.0 Å². The number of aryl methyl sites for hydroxylation is 2. The molecule has 2 rings (SSSR count). The van der Waals surface area contributed by atoms with Crippen LogP contribution in [0.2, 0.25) is 0 Å². The molecule has 2 aromatic rings. The second-order valence-corrected chi connectivity index (χ2v) is 4.65. The van der Waals surface area contributed by atoms with E-state index in [1.165, 1.54) is 0 Å². The quantitative estimate of drug-likeness (QED) is 0.865. The Labute approximate surface area is 106 Å². The van der Waals surface area contributed by atoms with Crippen molar-refractivity contribution < 1.29 is 9.63 Å². The van der Waals surface area contributed by atoms with Crippen molar-refractivity contribution in [2.45, 2.75) is 33.2 Å². The summed E-state index contributed by atoms with van der Waals surface area (Å²) in [7, 11) is 0. The molecule has 0 radical (unpaired) electrons. The molecular weight excluding hydrogens is 230 g/mol. The Morgan fingerprint density at radius 2 is 1.94 bits per heavy atom. The predicted molar refractivity (Wildman–Crippen MR) is 68.2 cm³/mol. The Morgan fingerprint density at radius 3 is 2.50 bits per heavy atom. The molecule has 1 aromatic carbocycles. The van der Waals surface area contributed by atoms with Crippen molar-refractivity contribution in [3.05, 3.63) is 29.2 Å². The molecule has 0 bridgehead atoms. The lowest BCUT2D eigenvalue weighted by Crippen LogP contribution is -2.17. The first-order chi connectivity index (χ1) is 8.47. The van der Waals surface area contributed by atoms with Gasteiger partial charge in [0.15, 0.2) is 0 Å². The van der Waals surface area contributed by atoms with E-state index in [0.29, 0.717) is 23.9 Å². The Kier molecular flexibility index (Phi) is 3.34. The van der Waals surface area contributed by atoms with Crippen molar-refractivity contribution in [2.24, 2.45) is 5.73 Å². The first-order valence-corrected chi connectivity index (χ1v) is 5.86. The van der Waals surface area contributed by atoms with Gasteiger partial charge in [0.05, 0.1) is 0 Å². The normalized spacial score (nSPS) is 12.7. The van der Waals surface area contributed by atoms with Gasteiger partial charge in [-0.25, -0.2) is 0 Å². The van der Waals surface area contributed by atoms with E-state index in [1.807, 2.05) is 32.9 Å². The van der Waals surface area contributed by atoms with Crippen LogP contribution in [0.4, 0.5) is 0 Å². The molecule has 0 aliphatic heterocycles. The monoisotopic (exact) mass is 247 g/mol. The van der Waals surface area contributed by atoms with E-state index < -0.39 is 0 Å². The van der Waals surface area contributed by atoms with E-state index in [9.17, 15) is 5.11 Å². The molecule has 0 aliphatic carbocycles. The Hall–Kier alpha value is -1.88. The summed E-state index contributed by atoms with van der Waals surface area (Å²) in [5, 5.41) is 13.6. The molecule has 0 saturated heterocycles. The zero-order chi connectivity index (χ0) is 13.3. The molecule has 0 aliphatic rings. The number of phenols is 1. The smallest absolute Gasteiger partial charge is 0.228 e. The molecule has 1 unspecified atom stereocenters. The third-order valence-electron chi connectivity index (χ3n) is 2.71. The van der Waals surface area contributed by atoms with Crippen LogP contribution in [0.1, 0.15) is 23.9 Å². The van der Waals surface area contributed by atoms with Crippen LogP contribution < -0.4 is 5.73 Å². The minimum atomic E-state index is -0.0124. The summed E-state index contributed by atoms with van der Waals surface area (Å²) >= 11 is 0. The van der Waals surface area contributed by atoms with Crippen molar-refractivity contribution in [1.29, 1.82) is 0 Å². The lowest BCUT2D eigenvalue weighted by molar-refractivity contribution is 0.372. The third-order valence-corrected chi connectivity index (χ3v) is 2.71. The summed E-state index contributed by atoms with van der Waals surface area (Å²) in [4.78, 5) is 4.29. The number of rotatable bonds is 3. The number of nitrogens with two attached hydrogens (primary N) is 1. The molecule has 1 heterocycles. The van der Waals surface area contributed by atoms with Gasteiger partial charge < -0.3 is 15.4 Å². The Bertz CT molecular complexity index is 538. The van der Waals surface area contributed by atoms with Gasteiger partial charge >= 0.3 is 0 Å². The number of nitrogens with zero attached hydrogens (tertiary/aromatic N) is 2. The zero-order valence-corrected chi connectivity index (χ0v) is 10.8. The lowest BCUT2D eigenvalue weighted by atomic mass is 10.1. The van der Waals surface area contributed by atoms with Crippen LogP contribution in [0.25, 0.3) is 11.4 Å². The SMILES string of the molecule is Cc1cc(-c2noc(CC(C)N)n2)cc(C)c1O. The molecule has 18 heavy (non-hydrogen) atoms. The van der Waals surface area contributed by atoms with E-state index in [4.69, 9.17) is 10.3 Å². The zero-order valence-electron chi connectivity index (χ0n) is 10.8. The summed E-state index contributed by atoms with van der Waals surface area (Å²) in [6.45, 7) is 5.57. The minimum absolute atomic E-state index is 0.0124. The number of hydrogen-bond acceptors (Lipinski definition) is 5. The summed E-state index contributed by atoms with van der Waals surface area (Å²) in [5.41, 5.74) is 8.11. The van der Waals surface area contributed by atoms with Crippen LogP contribution >= 0.6 is 0 Å².